The standard InChI is InChI=1S/C76H119ClF6N12O12/c1-17-22-52-62(99)85-61(45(3)18-2)69(106)89(12)41-60(98)91(14)53-23-20-19-21-34-94(68(53)105)55(36-47-24-28-48(29-25-47)75(78,79)80)66(103)88(11)40-58(96)84-51(31-27-46-26-30-49(50(77)35-46)76(81,82)83)64(101)95-44-73(32-33-73)39-56(95)63(100)86-74(42-72(7,8)43-74)70(107)93(16)57(38-71(4,5)6)67(104)92(15)54(65(102)87(9)10)37-59(97)90(52)13/h19-20,45-57,61H,17-18,21-44H2,1-16H3,(H,84,96)(H,85,99)(H,86,100)/b20-19-/t45-,46?,47?,48?,49?,50?,51-,52-,53-,54-,55-,56-,57-,61-/m0/s1. The fraction of sp³-hybridized carbons (Fsp3) is 0.816. The maximum Gasteiger partial charge on any atom is 0.393 e. The van der Waals surface area contributed by atoms with Crippen LogP contribution in [0.5, 0.6) is 0 Å². The van der Waals surface area contributed by atoms with E-state index in [1.807, 2.05) is 34.6 Å². The maximum absolute atomic E-state index is 15.7. The molecule has 7 rings (SSSR count). The van der Waals surface area contributed by atoms with E-state index in [9.17, 15) is 55.1 Å². The molecule has 2 spiro atoms. The summed E-state index contributed by atoms with van der Waals surface area (Å²) in [4.78, 5) is 192. The number of hydrogen-bond donors (Lipinski definition) is 3. The predicted octanol–water partition coefficient (Wildman–Crippen LogP) is 7.68. The Balaban J connectivity index is 1.32. The van der Waals surface area contributed by atoms with Crippen molar-refractivity contribution in [2.45, 2.75) is 268 Å². The number of alkyl halides is 7. The third-order valence-corrected chi connectivity index (χ3v) is 24.5. The van der Waals surface area contributed by atoms with Crippen molar-refractivity contribution in [1.82, 2.24) is 60.0 Å². The maximum atomic E-state index is 15.7. The predicted molar refractivity (Wildman–Crippen MR) is 389 cm³/mol. The second-order valence-electron chi connectivity index (χ2n) is 34.5. The minimum absolute atomic E-state index is 0.0171. The summed E-state index contributed by atoms with van der Waals surface area (Å²) in [5.41, 5.74) is -3.44. The number of hydrogen-bond acceptors (Lipinski definition) is 12. The van der Waals surface area contributed by atoms with E-state index in [0.717, 1.165) is 24.5 Å². The van der Waals surface area contributed by atoms with Gasteiger partial charge in [0, 0.05) is 74.8 Å². The Kier molecular flexibility index (Phi) is 28.7. The van der Waals surface area contributed by atoms with Crippen LogP contribution in [-0.4, -0.2) is 269 Å². The zero-order chi connectivity index (χ0) is 80.1. The van der Waals surface area contributed by atoms with Crippen molar-refractivity contribution in [2.75, 3.05) is 82.6 Å². The van der Waals surface area contributed by atoms with Crippen LogP contribution >= 0.6 is 11.6 Å². The van der Waals surface area contributed by atoms with Gasteiger partial charge < -0.3 is 60.0 Å². The topological polar surface area (TPSA) is 270 Å². The highest BCUT2D eigenvalue weighted by atomic mass is 35.5. The van der Waals surface area contributed by atoms with Gasteiger partial charge in [-0.1, -0.05) is 80.4 Å². The summed E-state index contributed by atoms with van der Waals surface area (Å²) in [6, 6.07) is -10.8. The third-order valence-electron chi connectivity index (χ3n) is 24.0. The molecule has 12 amide bonds. The third kappa shape index (κ3) is 21.4. The summed E-state index contributed by atoms with van der Waals surface area (Å²) in [6.07, 6.45) is -4.60. The molecule has 604 valence electrons. The number of likely N-dealkylation sites (N-methyl/N-ethyl adjacent to an activating group) is 7. The summed E-state index contributed by atoms with van der Waals surface area (Å²) in [7, 11) is 11.1. The number of amides is 12. The molecule has 107 heavy (non-hydrogen) atoms. The van der Waals surface area contributed by atoms with Crippen LogP contribution in [-0.2, 0) is 57.5 Å². The number of nitrogens with one attached hydrogen (secondary N) is 3. The molecule has 24 nitrogen and oxygen atoms in total. The molecule has 2 saturated heterocycles. The van der Waals surface area contributed by atoms with E-state index in [2.05, 4.69) is 16.0 Å². The van der Waals surface area contributed by atoms with E-state index in [4.69, 9.17) is 11.6 Å². The molecule has 4 aliphatic carbocycles. The van der Waals surface area contributed by atoms with Crippen LogP contribution in [0.1, 0.15) is 197 Å². The van der Waals surface area contributed by atoms with Crippen molar-refractivity contribution in [2.24, 2.45) is 45.8 Å². The van der Waals surface area contributed by atoms with E-state index >= 15 is 28.8 Å². The number of carbonyl (C=O) groups is 12. The van der Waals surface area contributed by atoms with Gasteiger partial charge in [0.25, 0.3) is 0 Å². The van der Waals surface area contributed by atoms with E-state index in [-0.39, 0.29) is 122 Å². The fourth-order valence-electron chi connectivity index (χ4n) is 17.2. The zero-order valence-electron chi connectivity index (χ0n) is 65.7. The lowest BCUT2D eigenvalue weighted by Crippen LogP contribution is -2.71. The molecule has 3 N–H and O–H groups in total. The van der Waals surface area contributed by atoms with Gasteiger partial charge in [-0.2, -0.15) is 26.3 Å². The van der Waals surface area contributed by atoms with Gasteiger partial charge in [-0.3, -0.25) is 57.5 Å². The molecule has 0 aromatic carbocycles. The van der Waals surface area contributed by atoms with Crippen molar-refractivity contribution < 1.29 is 83.9 Å². The Morgan fingerprint density at radius 2 is 1.27 bits per heavy atom. The van der Waals surface area contributed by atoms with Crippen molar-refractivity contribution in [3.05, 3.63) is 12.2 Å². The zero-order valence-corrected chi connectivity index (χ0v) is 66.4. The van der Waals surface area contributed by atoms with E-state index < -0.39 is 208 Å². The van der Waals surface area contributed by atoms with Crippen molar-refractivity contribution in [3.8, 4) is 0 Å². The fourth-order valence-corrected chi connectivity index (χ4v) is 17.8. The number of nitrogens with zero attached hydrogens (tertiary/aromatic N) is 9. The van der Waals surface area contributed by atoms with E-state index in [0.29, 0.717) is 25.7 Å². The Hall–Kier alpha value is -6.75. The quantitative estimate of drug-likeness (QED) is 0.102. The van der Waals surface area contributed by atoms with Crippen LogP contribution < -0.4 is 16.0 Å². The van der Waals surface area contributed by atoms with Gasteiger partial charge in [0.2, 0.25) is 70.9 Å². The SMILES string of the molecule is CCC[C@H]1C(=O)N[C@@H]([C@@H](C)CC)C(=O)N(C)CC(=O)N(C)[C@H]2C/C=C\CCN(C2=O)[C@@H](CC2CCC(C(F)(F)F)CC2)C(=O)N(C)CC(=O)N[C@@H](CCC2CCC(C(F)(F)F)C(Cl)C2)C(=O)N2CC3(CC3)C[C@H]2C(=O)NC2(CC(C)(C)C2)C(=O)N(C)[C@@H](CC(C)(C)C)C(=O)N(C)[C@H](C(=O)N(C)C)CC(=O)N1C. The average molecular weight is 1540 g/mol. The summed E-state index contributed by atoms with van der Waals surface area (Å²) >= 11 is 6.44. The molecule has 2 bridgehead atoms. The smallest absolute Gasteiger partial charge is 0.347 e. The Bertz CT molecular complexity index is 3290. The van der Waals surface area contributed by atoms with Crippen LogP contribution in [0.15, 0.2) is 12.2 Å². The van der Waals surface area contributed by atoms with Crippen molar-refractivity contribution in [1.29, 1.82) is 0 Å². The molecule has 4 saturated carbocycles. The van der Waals surface area contributed by atoms with Gasteiger partial charge in [-0.05, 0) is 156 Å². The van der Waals surface area contributed by atoms with Crippen LogP contribution in [0.4, 0.5) is 26.3 Å². The molecule has 0 aromatic heterocycles. The van der Waals surface area contributed by atoms with Gasteiger partial charge in [-0.25, -0.2) is 0 Å². The van der Waals surface area contributed by atoms with E-state index in [1.165, 1.54) is 76.0 Å². The first-order valence-electron chi connectivity index (χ1n) is 38.3. The van der Waals surface area contributed by atoms with Crippen LogP contribution in [0.25, 0.3) is 0 Å². The lowest BCUT2D eigenvalue weighted by atomic mass is 9.58. The first kappa shape index (κ1) is 87.5. The summed E-state index contributed by atoms with van der Waals surface area (Å²) in [5.74, 6) is -13.6. The van der Waals surface area contributed by atoms with Gasteiger partial charge in [0.15, 0.2) is 0 Å². The Morgan fingerprint density at radius 3 is 1.82 bits per heavy atom. The monoisotopic (exact) mass is 1540 g/mol. The summed E-state index contributed by atoms with van der Waals surface area (Å²) in [5, 5.41) is 7.45. The van der Waals surface area contributed by atoms with Crippen LogP contribution in [0.2, 0.25) is 0 Å². The lowest BCUT2D eigenvalue weighted by molar-refractivity contribution is -0.184. The molecule has 12 atom stereocenters. The number of rotatable bonds is 11. The van der Waals surface area contributed by atoms with Gasteiger partial charge in [0.1, 0.15) is 53.9 Å². The molecule has 7 aliphatic rings. The minimum Gasteiger partial charge on any atom is -0.347 e. The summed E-state index contributed by atoms with van der Waals surface area (Å²) in [6.45, 7) is 13.2. The normalized spacial score (nSPS) is 31.4. The molecule has 3 unspecified atom stereocenters. The largest absolute Gasteiger partial charge is 0.393 e. The number of fused-ring (bicyclic) bond motifs is 3. The molecule has 6 fully saturated rings. The Labute approximate surface area is 632 Å². The summed E-state index contributed by atoms with van der Waals surface area (Å²) < 4.78 is 84.8. The molecule has 3 aliphatic heterocycles. The molecule has 0 radical (unpaired) electrons. The Morgan fingerprint density at radius 1 is 0.654 bits per heavy atom. The van der Waals surface area contributed by atoms with E-state index in [1.54, 1.807) is 32.9 Å². The van der Waals surface area contributed by atoms with Crippen LogP contribution in [0, 0.1) is 45.8 Å². The molecule has 3 heterocycles. The number of halogens is 7. The minimum atomic E-state index is -4.56. The molecular weight excluding hydrogens is 1420 g/mol. The highest BCUT2D eigenvalue weighted by Gasteiger charge is 2.61. The highest BCUT2D eigenvalue weighted by molar-refractivity contribution is 6.21. The average Bonchev–Trinajstić information content (AvgIpc) is 1.71. The molecular formula is C76H119ClF6N12O12. The molecule has 31 heteroatoms. The first-order valence-corrected chi connectivity index (χ1v) is 38.8. The van der Waals surface area contributed by atoms with Gasteiger partial charge >= 0.3 is 12.4 Å². The van der Waals surface area contributed by atoms with Gasteiger partial charge in [-0.15, -0.1) is 11.6 Å². The second-order valence-corrected chi connectivity index (χ2v) is 35.1. The van der Waals surface area contributed by atoms with Crippen molar-refractivity contribution in [3.63, 3.8) is 0 Å². The number of carbonyl (C=O) groups excluding carboxylic acids is 12. The van der Waals surface area contributed by atoms with Crippen molar-refractivity contribution >= 4 is 82.5 Å². The van der Waals surface area contributed by atoms with Crippen LogP contribution in [0.3, 0.4) is 0 Å². The second kappa shape index (κ2) is 35.1. The highest BCUT2D eigenvalue weighted by Crippen LogP contribution is 2.56. The molecule has 0 aromatic rings. The van der Waals surface area contributed by atoms with Gasteiger partial charge in [0.05, 0.1) is 31.3 Å². The first-order chi connectivity index (χ1) is 49.6. The lowest BCUT2D eigenvalue weighted by Gasteiger charge is -2.54.